The van der Waals surface area contributed by atoms with Crippen molar-refractivity contribution in [3.63, 3.8) is 0 Å². The highest BCUT2D eigenvalue weighted by Crippen LogP contribution is 2.28. The summed E-state index contributed by atoms with van der Waals surface area (Å²) in [5.74, 6) is 0.807. The molecule has 0 aliphatic rings. The Morgan fingerprint density at radius 3 is 2.60 bits per heavy atom. The average molecular weight is 363 g/mol. The molecule has 0 aliphatic heterocycles. The lowest BCUT2D eigenvalue weighted by atomic mass is 10.0. The summed E-state index contributed by atoms with van der Waals surface area (Å²) in [6, 6.07) is 4.90. The second-order valence-electron chi connectivity index (χ2n) is 6.96. The van der Waals surface area contributed by atoms with Gasteiger partial charge in [0.25, 0.3) is 0 Å². The standard InChI is InChI=1S/C19H25NO4S/c1-7-25-16-10-15(21)14-9-11(2)8-13(17(14)23-16)12(3)20-18(22)24-19(4,5)6/h8-10,12H,7H2,1-6H3,(H,20,22)/t12-/m1/s1. The first-order valence-corrected chi connectivity index (χ1v) is 9.30. The number of benzene rings is 1. The molecule has 0 spiro atoms. The lowest BCUT2D eigenvalue weighted by Gasteiger charge is -2.22. The van der Waals surface area contributed by atoms with Gasteiger partial charge >= 0.3 is 6.09 Å². The lowest BCUT2D eigenvalue weighted by molar-refractivity contribution is 0.0508. The maximum atomic E-state index is 12.4. The molecule has 1 heterocycles. The van der Waals surface area contributed by atoms with Crippen molar-refractivity contribution < 1.29 is 13.9 Å². The van der Waals surface area contributed by atoms with Crippen LogP contribution in [0.1, 0.15) is 51.8 Å². The third kappa shape index (κ3) is 5.01. The van der Waals surface area contributed by atoms with Gasteiger partial charge in [-0.3, -0.25) is 4.79 Å². The number of aryl methyl sites for hydroxylation is 1. The van der Waals surface area contributed by atoms with Crippen LogP contribution in [0.15, 0.2) is 32.5 Å². The van der Waals surface area contributed by atoms with Crippen LogP contribution in [0.5, 0.6) is 0 Å². The predicted molar refractivity (Wildman–Crippen MR) is 101 cm³/mol. The molecule has 2 rings (SSSR count). The zero-order valence-electron chi connectivity index (χ0n) is 15.6. The molecule has 0 radical (unpaired) electrons. The second-order valence-corrected chi connectivity index (χ2v) is 8.23. The highest BCUT2D eigenvalue weighted by Gasteiger charge is 2.21. The van der Waals surface area contributed by atoms with Gasteiger partial charge in [-0.1, -0.05) is 24.8 Å². The van der Waals surface area contributed by atoms with Crippen LogP contribution >= 0.6 is 11.8 Å². The number of alkyl carbamates (subject to hydrolysis) is 1. The van der Waals surface area contributed by atoms with Crippen LogP contribution in [-0.4, -0.2) is 17.4 Å². The van der Waals surface area contributed by atoms with Gasteiger partial charge < -0.3 is 14.5 Å². The van der Waals surface area contributed by atoms with E-state index in [1.54, 1.807) is 0 Å². The Balaban J connectivity index is 2.45. The molecule has 1 N–H and O–H groups in total. The number of fused-ring (bicyclic) bond motifs is 1. The van der Waals surface area contributed by atoms with Gasteiger partial charge in [0.05, 0.1) is 11.4 Å². The normalized spacial score (nSPS) is 12.9. The van der Waals surface area contributed by atoms with Crippen molar-refractivity contribution in [2.75, 3.05) is 5.75 Å². The molecular weight excluding hydrogens is 338 g/mol. The maximum Gasteiger partial charge on any atom is 0.408 e. The Kier molecular flexibility index (Phi) is 5.83. The topological polar surface area (TPSA) is 68.5 Å². The van der Waals surface area contributed by atoms with E-state index in [0.29, 0.717) is 16.1 Å². The average Bonchev–Trinajstić information content (AvgIpc) is 2.45. The first kappa shape index (κ1) is 19.4. The predicted octanol–water partition coefficient (Wildman–Crippen LogP) is 4.80. The van der Waals surface area contributed by atoms with E-state index in [2.05, 4.69) is 5.32 Å². The van der Waals surface area contributed by atoms with Gasteiger partial charge in [-0.15, -0.1) is 0 Å². The minimum absolute atomic E-state index is 0.0772. The van der Waals surface area contributed by atoms with E-state index < -0.39 is 11.7 Å². The van der Waals surface area contributed by atoms with Crippen LogP contribution in [-0.2, 0) is 4.74 Å². The fourth-order valence-electron chi connectivity index (χ4n) is 2.51. The fraction of sp³-hybridized carbons (Fsp3) is 0.474. The van der Waals surface area contributed by atoms with Crippen molar-refractivity contribution in [1.82, 2.24) is 5.32 Å². The molecule has 2 aromatic rings. The van der Waals surface area contributed by atoms with Crippen LogP contribution in [0, 0.1) is 6.92 Å². The minimum atomic E-state index is -0.573. The zero-order chi connectivity index (χ0) is 18.8. The Bertz CT molecular complexity index is 836. The first-order chi connectivity index (χ1) is 11.6. The molecule has 0 fully saturated rings. The zero-order valence-corrected chi connectivity index (χ0v) is 16.4. The number of carbonyl (C=O) groups excluding carboxylic acids is 1. The molecule has 25 heavy (non-hydrogen) atoms. The molecule has 0 saturated heterocycles. The first-order valence-electron chi connectivity index (χ1n) is 8.31. The van der Waals surface area contributed by atoms with Gasteiger partial charge in [-0.25, -0.2) is 4.79 Å². The molecule has 6 heteroatoms. The third-order valence-electron chi connectivity index (χ3n) is 3.47. The number of amides is 1. The van der Waals surface area contributed by atoms with Crippen molar-refractivity contribution in [3.8, 4) is 0 Å². The Hall–Kier alpha value is -1.95. The van der Waals surface area contributed by atoms with E-state index in [-0.39, 0.29) is 11.5 Å². The summed E-state index contributed by atoms with van der Waals surface area (Å²) < 4.78 is 11.3. The molecule has 0 aliphatic carbocycles. The number of thioether (sulfide) groups is 1. The minimum Gasteiger partial charge on any atom is -0.449 e. The molecule has 1 aromatic heterocycles. The molecule has 1 atom stereocenters. The summed E-state index contributed by atoms with van der Waals surface area (Å²) in [5, 5.41) is 3.91. The van der Waals surface area contributed by atoms with Crippen LogP contribution in [0.25, 0.3) is 11.0 Å². The number of hydrogen-bond acceptors (Lipinski definition) is 5. The van der Waals surface area contributed by atoms with Gasteiger partial charge in [0.1, 0.15) is 11.2 Å². The number of ether oxygens (including phenoxy) is 1. The molecule has 5 nitrogen and oxygen atoms in total. The van der Waals surface area contributed by atoms with Crippen molar-refractivity contribution in [2.45, 2.75) is 58.3 Å². The van der Waals surface area contributed by atoms with E-state index in [0.717, 1.165) is 16.9 Å². The van der Waals surface area contributed by atoms with Gasteiger partial charge in [0, 0.05) is 11.6 Å². The number of carbonyl (C=O) groups is 1. The van der Waals surface area contributed by atoms with Gasteiger partial charge in [0.2, 0.25) is 0 Å². The monoisotopic (exact) mass is 363 g/mol. The molecular formula is C19H25NO4S. The van der Waals surface area contributed by atoms with Gasteiger partial charge in [-0.05, 0) is 52.0 Å². The highest BCUT2D eigenvalue weighted by atomic mass is 32.2. The third-order valence-corrected chi connectivity index (χ3v) is 4.24. The maximum absolute atomic E-state index is 12.4. The van der Waals surface area contributed by atoms with Gasteiger partial charge in [-0.2, -0.15) is 0 Å². The summed E-state index contributed by atoms with van der Waals surface area (Å²) in [4.78, 5) is 24.5. The van der Waals surface area contributed by atoms with Crippen molar-refractivity contribution in [1.29, 1.82) is 0 Å². The lowest BCUT2D eigenvalue weighted by Crippen LogP contribution is -2.34. The molecule has 0 saturated carbocycles. The molecule has 1 aromatic carbocycles. The van der Waals surface area contributed by atoms with Crippen LogP contribution in [0.2, 0.25) is 0 Å². The highest BCUT2D eigenvalue weighted by molar-refractivity contribution is 7.99. The molecule has 0 unspecified atom stereocenters. The largest absolute Gasteiger partial charge is 0.449 e. The number of nitrogens with one attached hydrogen (secondary N) is 1. The van der Waals surface area contributed by atoms with Crippen molar-refractivity contribution in [3.05, 3.63) is 39.5 Å². The summed E-state index contributed by atoms with van der Waals surface area (Å²) in [6.07, 6.45) is -0.504. The Labute approximate surface area is 152 Å². The summed E-state index contributed by atoms with van der Waals surface area (Å²) in [6.45, 7) is 11.2. The smallest absolute Gasteiger partial charge is 0.408 e. The quantitative estimate of drug-likeness (QED) is 0.790. The second kappa shape index (κ2) is 7.52. The van der Waals surface area contributed by atoms with Crippen LogP contribution in [0.3, 0.4) is 0 Å². The Morgan fingerprint density at radius 2 is 2.00 bits per heavy atom. The van der Waals surface area contributed by atoms with E-state index in [1.807, 2.05) is 53.7 Å². The van der Waals surface area contributed by atoms with Crippen molar-refractivity contribution in [2.24, 2.45) is 0 Å². The molecule has 136 valence electrons. The van der Waals surface area contributed by atoms with Gasteiger partial charge in [0.15, 0.2) is 10.5 Å². The van der Waals surface area contributed by atoms with Crippen LogP contribution < -0.4 is 10.7 Å². The van der Waals surface area contributed by atoms with E-state index in [4.69, 9.17) is 9.15 Å². The van der Waals surface area contributed by atoms with Crippen molar-refractivity contribution >= 4 is 28.8 Å². The summed E-state index contributed by atoms with van der Waals surface area (Å²) in [7, 11) is 0. The Morgan fingerprint density at radius 1 is 1.32 bits per heavy atom. The number of hydrogen-bond donors (Lipinski definition) is 1. The fourth-order valence-corrected chi connectivity index (χ4v) is 3.13. The summed E-state index contributed by atoms with van der Waals surface area (Å²) >= 11 is 1.47. The van der Waals surface area contributed by atoms with E-state index in [1.165, 1.54) is 17.8 Å². The SMILES string of the molecule is CCSc1cc(=O)c2cc(C)cc([C@@H](C)NC(=O)OC(C)(C)C)c2o1. The van der Waals surface area contributed by atoms with E-state index >= 15 is 0 Å². The molecule has 1 amide bonds. The van der Waals surface area contributed by atoms with E-state index in [9.17, 15) is 9.59 Å². The molecule has 0 bridgehead atoms. The number of rotatable bonds is 4. The summed E-state index contributed by atoms with van der Waals surface area (Å²) in [5.41, 5.74) is 1.56. The van der Waals surface area contributed by atoms with Crippen LogP contribution in [0.4, 0.5) is 4.79 Å².